The lowest BCUT2D eigenvalue weighted by atomic mass is 9.85. The molecule has 0 spiro atoms. The van der Waals surface area contributed by atoms with Crippen molar-refractivity contribution >= 4 is 28.5 Å². The van der Waals surface area contributed by atoms with Gasteiger partial charge in [-0.3, -0.25) is 9.79 Å². The molecule has 11 heteroatoms. The Labute approximate surface area is 204 Å². The molecule has 0 radical (unpaired) electrons. The molecule has 8 nitrogen and oxygen atoms in total. The second-order valence-corrected chi connectivity index (χ2v) is 10.3. The van der Waals surface area contributed by atoms with Gasteiger partial charge in [-0.25, -0.2) is 18.7 Å². The number of halogens is 2. The van der Waals surface area contributed by atoms with Crippen LogP contribution in [0, 0.1) is 18.7 Å². The van der Waals surface area contributed by atoms with Crippen molar-refractivity contribution in [3.8, 4) is 5.75 Å². The third kappa shape index (κ3) is 4.24. The first-order valence-corrected chi connectivity index (χ1v) is 11.8. The Bertz CT molecular complexity index is 1320. The molecular weight excluding hydrogens is 476 g/mol. The minimum atomic E-state index is -1.03. The summed E-state index contributed by atoms with van der Waals surface area (Å²) < 4.78 is 38.7. The number of carbonyl (C=O) groups excluding carboxylic acids is 1. The number of carbonyl (C=O) groups is 1. The number of aryl methyl sites for hydroxylation is 1. The molecule has 3 aromatic rings. The maximum Gasteiger partial charge on any atom is 0.274 e. The molecule has 2 aliphatic rings. The quantitative estimate of drug-likeness (QED) is 0.496. The van der Waals surface area contributed by atoms with Gasteiger partial charge in [-0.1, -0.05) is 11.8 Å². The van der Waals surface area contributed by atoms with Gasteiger partial charge in [0, 0.05) is 17.2 Å². The van der Waals surface area contributed by atoms with Crippen LogP contribution in [0.3, 0.4) is 0 Å². The average molecular weight is 500 g/mol. The second kappa shape index (κ2) is 8.63. The van der Waals surface area contributed by atoms with Crippen LogP contribution in [0.4, 0.5) is 14.5 Å². The number of thioether (sulfide) groups is 1. The number of oxazole rings is 1. The van der Waals surface area contributed by atoms with Crippen LogP contribution in [0.25, 0.3) is 0 Å². The molecule has 0 unspecified atom stereocenters. The van der Waals surface area contributed by atoms with Crippen LogP contribution < -0.4 is 15.8 Å². The number of anilines is 1. The Hall–Kier alpha value is -3.47. The first-order chi connectivity index (χ1) is 16.7. The summed E-state index contributed by atoms with van der Waals surface area (Å²) in [4.78, 5) is 25.6. The molecule has 2 aromatic heterocycles. The number of amides is 1. The van der Waals surface area contributed by atoms with Crippen LogP contribution in [0.2, 0.25) is 0 Å². The number of alkyl halides is 1. The van der Waals surface area contributed by atoms with Gasteiger partial charge >= 0.3 is 0 Å². The lowest BCUT2D eigenvalue weighted by Gasteiger charge is -2.33. The zero-order valence-electron chi connectivity index (χ0n) is 19.0. The number of aromatic nitrogens is 2. The summed E-state index contributed by atoms with van der Waals surface area (Å²) in [5.41, 5.74) is 6.37. The van der Waals surface area contributed by atoms with E-state index >= 15 is 0 Å². The van der Waals surface area contributed by atoms with Crippen LogP contribution in [0.1, 0.15) is 40.9 Å². The number of amidine groups is 1. The standard InChI is InChI=1S/C24H23F2N5O3S/c1-13-7-15(34-11-19-28-5-6-33-19)10-29-20(13)21(32)30-14-3-4-17(26)16(8-14)23(2)18-9-24(18,12-25)35-22(27)31-23/h3-8,10,18H,9,11-12H2,1-2H3,(H2,27,31)(H,30,32)/t18-,23-,24+/m0/s1. The summed E-state index contributed by atoms with van der Waals surface area (Å²) in [6.07, 6.45) is 4.96. The van der Waals surface area contributed by atoms with Gasteiger partial charge < -0.3 is 20.2 Å². The first kappa shape index (κ1) is 23.3. The van der Waals surface area contributed by atoms with Crippen LogP contribution in [0.15, 0.2) is 52.3 Å². The molecule has 3 heterocycles. The van der Waals surface area contributed by atoms with Crippen molar-refractivity contribution in [3.05, 3.63) is 71.5 Å². The van der Waals surface area contributed by atoms with E-state index in [4.69, 9.17) is 14.9 Å². The Morgan fingerprint density at radius 3 is 2.91 bits per heavy atom. The summed E-state index contributed by atoms with van der Waals surface area (Å²) >= 11 is 1.22. The van der Waals surface area contributed by atoms with Crippen molar-refractivity contribution in [2.45, 2.75) is 37.2 Å². The molecule has 1 aromatic carbocycles. The lowest BCUT2D eigenvalue weighted by molar-refractivity contribution is 0.102. The van der Waals surface area contributed by atoms with Crippen LogP contribution >= 0.6 is 11.8 Å². The maximum atomic E-state index is 14.9. The average Bonchev–Trinajstić information content (AvgIpc) is 3.33. The molecule has 0 saturated heterocycles. The summed E-state index contributed by atoms with van der Waals surface area (Å²) in [5, 5.41) is 3.00. The zero-order chi connectivity index (χ0) is 24.8. The van der Waals surface area contributed by atoms with Gasteiger partial charge in [0.15, 0.2) is 11.8 Å². The van der Waals surface area contributed by atoms with Gasteiger partial charge in [0.25, 0.3) is 5.91 Å². The number of hydrogen-bond acceptors (Lipinski definition) is 8. The zero-order valence-corrected chi connectivity index (χ0v) is 19.9. The monoisotopic (exact) mass is 499 g/mol. The molecule has 3 atom stereocenters. The highest BCUT2D eigenvalue weighted by Gasteiger charge is 2.66. The molecule has 1 aliphatic carbocycles. The molecule has 1 aliphatic heterocycles. The molecule has 5 rings (SSSR count). The van der Waals surface area contributed by atoms with E-state index in [1.54, 1.807) is 19.9 Å². The number of nitrogens with zero attached hydrogens (tertiary/aromatic N) is 3. The summed E-state index contributed by atoms with van der Waals surface area (Å²) in [7, 11) is 0. The Balaban J connectivity index is 1.34. The molecule has 0 bridgehead atoms. The summed E-state index contributed by atoms with van der Waals surface area (Å²) in [6.45, 7) is 3.06. The van der Waals surface area contributed by atoms with Gasteiger partial charge in [-0.2, -0.15) is 0 Å². The van der Waals surface area contributed by atoms with Gasteiger partial charge in [-0.15, -0.1) is 0 Å². The van der Waals surface area contributed by atoms with Crippen molar-refractivity contribution in [1.82, 2.24) is 9.97 Å². The predicted molar refractivity (Wildman–Crippen MR) is 128 cm³/mol. The van der Waals surface area contributed by atoms with E-state index in [1.165, 1.54) is 48.6 Å². The van der Waals surface area contributed by atoms with Crippen LogP contribution in [0.5, 0.6) is 5.75 Å². The Morgan fingerprint density at radius 1 is 1.37 bits per heavy atom. The van der Waals surface area contributed by atoms with Crippen LogP contribution in [-0.4, -0.2) is 32.5 Å². The van der Waals surface area contributed by atoms with Crippen molar-refractivity contribution in [2.75, 3.05) is 12.0 Å². The van der Waals surface area contributed by atoms with E-state index in [0.29, 0.717) is 29.3 Å². The van der Waals surface area contributed by atoms with Gasteiger partial charge in [0.2, 0.25) is 5.89 Å². The fraction of sp³-hybridized carbons (Fsp3) is 0.333. The van der Waals surface area contributed by atoms with Crippen molar-refractivity contribution < 1.29 is 22.7 Å². The smallest absolute Gasteiger partial charge is 0.274 e. The van der Waals surface area contributed by atoms with E-state index in [0.717, 1.165) is 0 Å². The number of rotatable bonds is 7. The highest BCUT2D eigenvalue weighted by atomic mass is 32.2. The fourth-order valence-corrected chi connectivity index (χ4v) is 5.92. The second-order valence-electron chi connectivity index (χ2n) is 8.85. The van der Waals surface area contributed by atoms with E-state index < -0.39 is 28.7 Å². The van der Waals surface area contributed by atoms with Gasteiger partial charge in [0.05, 0.1) is 22.7 Å². The Morgan fingerprint density at radius 2 is 2.20 bits per heavy atom. The number of aliphatic imine (C=N–C) groups is 1. The first-order valence-electron chi connectivity index (χ1n) is 10.9. The minimum absolute atomic E-state index is 0.132. The van der Waals surface area contributed by atoms with E-state index in [1.807, 2.05) is 0 Å². The van der Waals surface area contributed by atoms with Gasteiger partial charge in [-0.05, 0) is 50.1 Å². The largest absolute Gasteiger partial charge is 0.482 e. The fourth-order valence-electron chi connectivity index (χ4n) is 4.59. The SMILES string of the molecule is Cc1cc(OCc2ncco2)cnc1C(=O)Nc1ccc(F)c([C@]2(C)N=C(N)S[C@@]3(CF)C[C@H]32)c1. The van der Waals surface area contributed by atoms with Crippen molar-refractivity contribution in [3.63, 3.8) is 0 Å². The molecule has 3 N–H and O–H groups in total. The summed E-state index contributed by atoms with van der Waals surface area (Å²) in [5.74, 6) is -0.263. The lowest BCUT2D eigenvalue weighted by Crippen LogP contribution is -2.36. The van der Waals surface area contributed by atoms with Crippen molar-refractivity contribution in [2.24, 2.45) is 16.6 Å². The third-order valence-corrected chi connectivity index (χ3v) is 7.73. The van der Waals surface area contributed by atoms with Crippen LogP contribution in [-0.2, 0) is 12.1 Å². The topological polar surface area (TPSA) is 116 Å². The number of fused-ring (bicyclic) bond motifs is 1. The third-order valence-electron chi connectivity index (χ3n) is 6.46. The molecular formula is C24H23F2N5O3S. The summed E-state index contributed by atoms with van der Waals surface area (Å²) in [6, 6.07) is 5.94. The highest BCUT2D eigenvalue weighted by molar-refractivity contribution is 8.15. The number of hydrogen-bond donors (Lipinski definition) is 2. The molecule has 35 heavy (non-hydrogen) atoms. The molecule has 1 fully saturated rings. The molecule has 182 valence electrons. The van der Waals surface area contributed by atoms with Gasteiger partial charge in [0.1, 0.15) is 30.2 Å². The predicted octanol–water partition coefficient (Wildman–Crippen LogP) is 4.35. The number of ether oxygens (including phenoxy) is 1. The Kier molecular flexibility index (Phi) is 5.74. The number of benzene rings is 1. The number of nitrogens with one attached hydrogen (secondary N) is 1. The maximum absolute atomic E-state index is 14.9. The number of nitrogens with two attached hydrogens (primary N) is 1. The van der Waals surface area contributed by atoms with Crippen molar-refractivity contribution in [1.29, 1.82) is 0 Å². The van der Waals surface area contributed by atoms with E-state index in [-0.39, 0.29) is 28.9 Å². The molecule has 1 amide bonds. The van der Waals surface area contributed by atoms with E-state index in [2.05, 4.69) is 20.3 Å². The number of pyridine rings is 1. The highest BCUT2D eigenvalue weighted by Crippen LogP contribution is 2.66. The minimum Gasteiger partial charge on any atom is -0.482 e. The molecule has 1 saturated carbocycles. The van der Waals surface area contributed by atoms with E-state index in [9.17, 15) is 13.6 Å². The normalized spacial score (nSPS) is 24.9.